The summed E-state index contributed by atoms with van der Waals surface area (Å²) < 4.78 is 5.32. The molecule has 1 heterocycles. The van der Waals surface area contributed by atoms with Crippen LogP contribution in [0.15, 0.2) is 42.5 Å². The second-order valence-corrected chi connectivity index (χ2v) is 7.47. The van der Waals surface area contributed by atoms with Gasteiger partial charge in [0.25, 0.3) is 11.8 Å². The molecule has 152 valence electrons. The Labute approximate surface area is 175 Å². The number of anilines is 1. The van der Waals surface area contributed by atoms with Crippen molar-refractivity contribution >= 4 is 35.1 Å². The van der Waals surface area contributed by atoms with Gasteiger partial charge < -0.3 is 4.74 Å². The third kappa shape index (κ3) is 4.67. The van der Waals surface area contributed by atoms with E-state index in [2.05, 4.69) is 6.92 Å². The third-order valence-corrected chi connectivity index (χ3v) is 5.27. The Bertz CT molecular complexity index is 925. The summed E-state index contributed by atoms with van der Waals surface area (Å²) in [4.78, 5) is 38.9. The quantitative estimate of drug-likeness (QED) is 0.302. The molecule has 3 rings (SSSR count). The van der Waals surface area contributed by atoms with Gasteiger partial charge in [0.15, 0.2) is 0 Å². The van der Waals surface area contributed by atoms with Crippen LogP contribution in [0.3, 0.4) is 0 Å². The van der Waals surface area contributed by atoms with Gasteiger partial charge >= 0.3 is 5.97 Å². The van der Waals surface area contributed by atoms with Crippen LogP contribution in [0.5, 0.6) is 0 Å². The molecule has 0 atom stereocenters. The normalized spacial score (nSPS) is 13.0. The number of hydrogen-bond donors (Lipinski definition) is 0. The maximum atomic E-state index is 12.8. The molecule has 29 heavy (non-hydrogen) atoms. The molecule has 6 heteroatoms. The van der Waals surface area contributed by atoms with Gasteiger partial charge in [0, 0.05) is 0 Å². The Hall–Kier alpha value is -2.66. The van der Waals surface area contributed by atoms with E-state index in [4.69, 9.17) is 16.3 Å². The van der Waals surface area contributed by atoms with Crippen molar-refractivity contribution in [3.63, 3.8) is 0 Å². The molecule has 5 nitrogen and oxygen atoms in total. The van der Waals surface area contributed by atoms with Crippen LogP contribution in [0.25, 0.3) is 0 Å². The molecule has 2 aromatic rings. The highest BCUT2D eigenvalue weighted by Gasteiger charge is 2.38. The van der Waals surface area contributed by atoms with Crippen LogP contribution in [0.2, 0.25) is 5.02 Å². The molecular weight excluding hydrogens is 390 g/mol. The SMILES string of the molecule is CCCCCCCCOC(=O)c1ccc2c(c1)C(=O)N(c1ccccc1Cl)C2=O. The van der Waals surface area contributed by atoms with Gasteiger partial charge in [-0.05, 0) is 36.8 Å². The number of benzene rings is 2. The van der Waals surface area contributed by atoms with Crippen LogP contribution >= 0.6 is 11.6 Å². The highest BCUT2D eigenvalue weighted by Crippen LogP contribution is 2.33. The van der Waals surface area contributed by atoms with Crippen LogP contribution in [0, 0.1) is 0 Å². The van der Waals surface area contributed by atoms with Gasteiger partial charge in [0.1, 0.15) is 0 Å². The number of rotatable bonds is 9. The van der Waals surface area contributed by atoms with E-state index < -0.39 is 17.8 Å². The van der Waals surface area contributed by atoms with E-state index in [0.29, 0.717) is 17.3 Å². The number of carbonyl (C=O) groups is 3. The van der Waals surface area contributed by atoms with E-state index in [1.165, 1.54) is 37.5 Å². The number of imide groups is 1. The molecule has 0 N–H and O–H groups in total. The average molecular weight is 414 g/mol. The molecular formula is C23H24ClNO4. The lowest BCUT2D eigenvalue weighted by atomic mass is 10.1. The molecule has 0 unspecified atom stereocenters. The van der Waals surface area contributed by atoms with E-state index >= 15 is 0 Å². The minimum absolute atomic E-state index is 0.184. The number of fused-ring (bicyclic) bond motifs is 1. The largest absolute Gasteiger partial charge is 0.462 e. The first-order valence-electron chi connectivity index (χ1n) is 9.99. The van der Waals surface area contributed by atoms with Crippen molar-refractivity contribution in [2.75, 3.05) is 11.5 Å². The van der Waals surface area contributed by atoms with E-state index in [0.717, 1.165) is 24.2 Å². The first kappa shape index (κ1) is 21.1. The Morgan fingerprint density at radius 3 is 2.38 bits per heavy atom. The topological polar surface area (TPSA) is 63.7 Å². The first-order chi connectivity index (χ1) is 14.0. The van der Waals surface area contributed by atoms with E-state index in [1.54, 1.807) is 24.3 Å². The fourth-order valence-corrected chi connectivity index (χ4v) is 3.57. The summed E-state index contributed by atoms with van der Waals surface area (Å²) in [6, 6.07) is 11.1. The van der Waals surface area contributed by atoms with E-state index in [-0.39, 0.29) is 16.7 Å². The third-order valence-electron chi connectivity index (χ3n) is 4.95. The standard InChI is InChI=1S/C23H24ClNO4/c1-2-3-4-5-6-9-14-29-23(28)16-12-13-17-18(15-16)22(27)25(21(17)26)20-11-8-7-10-19(20)24/h7-8,10-13,15H,2-6,9,14H2,1H3. The Morgan fingerprint density at radius 1 is 0.931 bits per heavy atom. The second-order valence-electron chi connectivity index (χ2n) is 7.06. The van der Waals surface area contributed by atoms with Gasteiger partial charge in [0.05, 0.1) is 34.0 Å². The minimum atomic E-state index is -0.497. The summed E-state index contributed by atoms with van der Waals surface area (Å²) in [5, 5.41) is 0.306. The van der Waals surface area contributed by atoms with Crippen LogP contribution in [0.4, 0.5) is 5.69 Å². The molecule has 0 saturated carbocycles. The summed E-state index contributed by atoms with van der Waals surface area (Å²) in [7, 11) is 0. The Kier molecular flexibility index (Phi) is 7.04. The molecule has 0 bridgehead atoms. The van der Waals surface area contributed by atoms with Crippen molar-refractivity contribution in [2.24, 2.45) is 0 Å². The first-order valence-corrected chi connectivity index (χ1v) is 10.4. The van der Waals surface area contributed by atoms with Gasteiger partial charge in [-0.1, -0.05) is 62.8 Å². The second kappa shape index (κ2) is 9.70. The summed E-state index contributed by atoms with van der Waals surface area (Å²) in [6.07, 6.45) is 6.61. The molecule has 1 aliphatic rings. The maximum absolute atomic E-state index is 12.8. The number of ether oxygens (including phenoxy) is 1. The lowest BCUT2D eigenvalue weighted by Gasteiger charge is -2.15. The number of nitrogens with zero attached hydrogens (tertiary/aromatic N) is 1. The van der Waals surface area contributed by atoms with Crippen molar-refractivity contribution in [1.82, 2.24) is 0 Å². The van der Waals surface area contributed by atoms with Gasteiger partial charge in [0.2, 0.25) is 0 Å². The van der Waals surface area contributed by atoms with Gasteiger partial charge in [-0.15, -0.1) is 0 Å². The number of amides is 2. The summed E-state index contributed by atoms with van der Waals surface area (Å²) in [5.74, 6) is -1.44. The lowest BCUT2D eigenvalue weighted by molar-refractivity contribution is 0.0497. The fourth-order valence-electron chi connectivity index (χ4n) is 3.35. The lowest BCUT2D eigenvalue weighted by Crippen LogP contribution is -2.29. The molecule has 0 spiro atoms. The van der Waals surface area contributed by atoms with Gasteiger partial charge in [-0.3, -0.25) is 9.59 Å². The van der Waals surface area contributed by atoms with Crippen molar-refractivity contribution in [3.8, 4) is 0 Å². The van der Waals surface area contributed by atoms with Crippen LogP contribution < -0.4 is 4.90 Å². The molecule has 0 radical (unpaired) electrons. The monoisotopic (exact) mass is 413 g/mol. The Morgan fingerprint density at radius 2 is 1.62 bits per heavy atom. The zero-order valence-electron chi connectivity index (χ0n) is 16.4. The number of para-hydroxylation sites is 1. The number of halogens is 1. The molecule has 2 aromatic carbocycles. The van der Waals surface area contributed by atoms with E-state index in [1.807, 2.05) is 0 Å². The zero-order chi connectivity index (χ0) is 20.8. The highest BCUT2D eigenvalue weighted by atomic mass is 35.5. The average Bonchev–Trinajstić information content (AvgIpc) is 2.97. The summed E-state index contributed by atoms with van der Waals surface area (Å²) in [6.45, 7) is 2.52. The smallest absolute Gasteiger partial charge is 0.338 e. The number of carbonyl (C=O) groups excluding carboxylic acids is 3. The van der Waals surface area contributed by atoms with Crippen molar-refractivity contribution < 1.29 is 19.1 Å². The molecule has 0 fully saturated rings. The molecule has 0 aliphatic carbocycles. The van der Waals surface area contributed by atoms with Gasteiger partial charge in [-0.25, -0.2) is 9.69 Å². The molecule has 0 saturated heterocycles. The van der Waals surface area contributed by atoms with E-state index in [9.17, 15) is 14.4 Å². The molecule has 0 aromatic heterocycles. The van der Waals surface area contributed by atoms with Crippen LogP contribution in [0.1, 0.15) is 76.5 Å². The number of hydrogen-bond acceptors (Lipinski definition) is 4. The Balaban J connectivity index is 1.65. The number of esters is 1. The van der Waals surface area contributed by atoms with Crippen molar-refractivity contribution in [1.29, 1.82) is 0 Å². The van der Waals surface area contributed by atoms with Crippen LogP contribution in [-0.4, -0.2) is 24.4 Å². The van der Waals surface area contributed by atoms with Crippen LogP contribution in [-0.2, 0) is 4.74 Å². The maximum Gasteiger partial charge on any atom is 0.338 e. The highest BCUT2D eigenvalue weighted by molar-refractivity contribution is 6.39. The summed E-state index contributed by atoms with van der Waals surface area (Å²) >= 11 is 6.15. The van der Waals surface area contributed by atoms with Gasteiger partial charge in [-0.2, -0.15) is 0 Å². The number of unbranched alkanes of at least 4 members (excludes halogenated alkanes) is 5. The minimum Gasteiger partial charge on any atom is -0.462 e. The van der Waals surface area contributed by atoms with Crippen molar-refractivity contribution in [2.45, 2.75) is 45.4 Å². The summed E-state index contributed by atoms with van der Waals surface area (Å²) in [5.41, 5.74) is 1.02. The molecule has 1 aliphatic heterocycles. The predicted molar refractivity (Wildman–Crippen MR) is 113 cm³/mol. The zero-order valence-corrected chi connectivity index (χ0v) is 17.2. The predicted octanol–water partition coefficient (Wildman–Crippen LogP) is 5.66. The fraction of sp³-hybridized carbons (Fsp3) is 0.348. The molecule has 2 amide bonds. The van der Waals surface area contributed by atoms with Crippen molar-refractivity contribution in [3.05, 3.63) is 64.2 Å².